The molecule has 0 unspecified atom stereocenters. The van der Waals surface area contributed by atoms with Crippen molar-refractivity contribution in [1.82, 2.24) is 9.55 Å². The molecular formula is C22H18BrN3O2. The lowest BCUT2D eigenvalue weighted by Gasteiger charge is -2.11. The number of methoxy groups -OCH3 is 1. The van der Waals surface area contributed by atoms with Crippen LogP contribution in [0.25, 0.3) is 22.4 Å². The molecule has 0 spiro atoms. The van der Waals surface area contributed by atoms with Crippen molar-refractivity contribution >= 4 is 38.6 Å². The van der Waals surface area contributed by atoms with Gasteiger partial charge in [0, 0.05) is 15.7 Å². The standard InChI is InChI=1S/C22H18BrN3O2/c1-28-18-6-4-5-15(13-18)22-25-19-7-2-3-8-20(19)26(22)14-21(27)24-17-11-9-16(23)10-12-17/h2-13H,14H2,1H3,(H,24,27). The van der Waals surface area contributed by atoms with E-state index in [1.807, 2.05) is 77.4 Å². The van der Waals surface area contributed by atoms with Crippen LogP contribution < -0.4 is 10.1 Å². The van der Waals surface area contributed by atoms with Crippen molar-refractivity contribution in [3.63, 3.8) is 0 Å². The first-order valence-corrected chi connectivity index (χ1v) is 9.58. The van der Waals surface area contributed by atoms with Gasteiger partial charge in [0.25, 0.3) is 0 Å². The van der Waals surface area contributed by atoms with E-state index in [-0.39, 0.29) is 12.5 Å². The Kier molecular flexibility index (Phi) is 5.12. The SMILES string of the molecule is COc1cccc(-c2nc3ccccc3n2CC(=O)Nc2ccc(Br)cc2)c1. The molecule has 0 radical (unpaired) electrons. The number of rotatable bonds is 5. The molecule has 0 aliphatic heterocycles. The fourth-order valence-corrected chi connectivity index (χ4v) is 3.36. The van der Waals surface area contributed by atoms with Crippen LogP contribution in [-0.2, 0) is 11.3 Å². The molecule has 140 valence electrons. The Morgan fingerprint density at radius 2 is 1.86 bits per heavy atom. The molecule has 0 atom stereocenters. The number of halogens is 1. The normalized spacial score (nSPS) is 10.8. The number of imidazole rings is 1. The molecule has 0 saturated carbocycles. The van der Waals surface area contributed by atoms with Gasteiger partial charge in [-0.2, -0.15) is 0 Å². The number of ether oxygens (including phenoxy) is 1. The summed E-state index contributed by atoms with van der Waals surface area (Å²) in [6, 6.07) is 23.0. The van der Waals surface area contributed by atoms with Gasteiger partial charge in [-0.15, -0.1) is 0 Å². The topological polar surface area (TPSA) is 56.2 Å². The van der Waals surface area contributed by atoms with E-state index in [9.17, 15) is 4.79 Å². The summed E-state index contributed by atoms with van der Waals surface area (Å²) in [6.45, 7) is 0.156. The number of hydrogen-bond donors (Lipinski definition) is 1. The average molecular weight is 436 g/mol. The van der Waals surface area contributed by atoms with Gasteiger partial charge in [0.2, 0.25) is 5.91 Å². The van der Waals surface area contributed by atoms with E-state index >= 15 is 0 Å². The average Bonchev–Trinajstić information content (AvgIpc) is 3.08. The zero-order valence-corrected chi connectivity index (χ0v) is 16.8. The third kappa shape index (κ3) is 3.77. The summed E-state index contributed by atoms with van der Waals surface area (Å²) in [6.07, 6.45) is 0. The first-order chi connectivity index (χ1) is 13.6. The van der Waals surface area contributed by atoms with E-state index in [1.165, 1.54) is 0 Å². The molecule has 6 heteroatoms. The minimum atomic E-state index is -0.116. The molecule has 1 aromatic heterocycles. The van der Waals surface area contributed by atoms with Crippen LogP contribution >= 0.6 is 15.9 Å². The highest BCUT2D eigenvalue weighted by atomic mass is 79.9. The fourth-order valence-electron chi connectivity index (χ4n) is 3.10. The second kappa shape index (κ2) is 7.86. The Bertz CT molecular complexity index is 1140. The number of amides is 1. The molecule has 5 nitrogen and oxygen atoms in total. The van der Waals surface area contributed by atoms with Crippen molar-refractivity contribution in [2.75, 3.05) is 12.4 Å². The van der Waals surface area contributed by atoms with Gasteiger partial charge in [0.1, 0.15) is 18.1 Å². The molecule has 1 heterocycles. The van der Waals surface area contributed by atoms with Gasteiger partial charge in [-0.3, -0.25) is 4.79 Å². The van der Waals surface area contributed by atoms with Crippen LogP contribution in [0.15, 0.2) is 77.3 Å². The number of fused-ring (bicyclic) bond motifs is 1. The van der Waals surface area contributed by atoms with Gasteiger partial charge in [0.15, 0.2) is 0 Å². The summed E-state index contributed by atoms with van der Waals surface area (Å²) >= 11 is 3.40. The highest BCUT2D eigenvalue weighted by molar-refractivity contribution is 9.10. The van der Waals surface area contributed by atoms with Crippen LogP contribution in [0, 0.1) is 0 Å². The number of anilines is 1. The highest BCUT2D eigenvalue weighted by Crippen LogP contribution is 2.27. The van der Waals surface area contributed by atoms with Crippen LogP contribution in [-0.4, -0.2) is 22.6 Å². The molecule has 1 N–H and O–H groups in total. The summed E-state index contributed by atoms with van der Waals surface area (Å²) in [5.41, 5.74) is 3.40. The molecule has 28 heavy (non-hydrogen) atoms. The smallest absolute Gasteiger partial charge is 0.244 e. The molecular weight excluding hydrogens is 418 g/mol. The number of para-hydroxylation sites is 2. The van der Waals surface area contributed by atoms with E-state index in [0.29, 0.717) is 0 Å². The molecule has 0 saturated heterocycles. The Labute approximate surface area is 171 Å². The first kappa shape index (κ1) is 18.3. The second-order valence-corrected chi connectivity index (χ2v) is 7.21. The zero-order valence-electron chi connectivity index (χ0n) is 15.2. The third-order valence-corrected chi connectivity index (χ3v) is 4.94. The lowest BCUT2D eigenvalue weighted by molar-refractivity contribution is -0.116. The van der Waals surface area contributed by atoms with Crippen molar-refractivity contribution in [2.45, 2.75) is 6.54 Å². The molecule has 0 bridgehead atoms. The van der Waals surface area contributed by atoms with Gasteiger partial charge < -0.3 is 14.6 Å². The van der Waals surface area contributed by atoms with Gasteiger partial charge in [0.05, 0.1) is 18.1 Å². The number of aromatic nitrogens is 2. The Morgan fingerprint density at radius 3 is 2.64 bits per heavy atom. The minimum absolute atomic E-state index is 0.116. The van der Waals surface area contributed by atoms with Gasteiger partial charge in [-0.05, 0) is 48.5 Å². The first-order valence-electron chi connectivity index (χ1n) is 8.79. The van der Waals surface area contributed by atoms with Crippen molar-refractivity contribution in [3.8, 4) is 17.1 Å². The summed E-state index contributed by atoms with van der Waals surface area (Å²) in [5.74, 6) is 1.36. The van der Waals surface area contributed by atoms with Gasteiger partial charge >= 0.3 is 0 Å². The zero-order chi connectivity index (χ0) is 19.5. The number of hydrogen-bond acceptors (Lipinski definition) is 3. The highest BCUT2D eigenvalue weighted by Gasteiger charge is 2.15. The minimum Gasteiger partial charge on any atom is -0.497 e. The van der Waals surface area contributed by atoms with E-state index in [1.54, 1.807) is 7.11 Å². The predicted octanol–water partition coefficient (Wildman–Crippen LogP) is 5.11. The number of carbonyl (C=O) groups is 1. The molecule has 1 amide bonds. The van der Waals surface area contributed by atoms with Crippen LogP contribution in [0.4, 0.5) is 5.69 Å². The largest absolute Gasteiger partial charge is 0.497 e. The molecule has 0 aliphatic rings. The lowest BCUT2D eigenvalue weighted by atomic mass is 10.2. The maximum Gasteiger partial charge on any atom is 0.244 e. The second-order valence-electron chi connectivity index (χ2n) is 6.30. The van der Waals surface area contributed by atoms with Crippen LogP contribution in [0.2, 0.25) is 0 Å². The van der Waals surface area contributed by atoms with Crippen LogP contribution in [0.3, 0.4) is 0 Å². The van der Waals surface area contributed by atoms with Gasteiger partial charge in [-0.25, -0.2) is 4.98 Å². The maximum absolute atomic E-state index is 12.7. The third-order valence-electron chi connectivity index (χ3n) is 4.41. The van der Waals surface area contributed by atoms with E-state index in [2.05, 4.69) is 21.2 Å². The van der Waals surface area contributed by atoms with Crippen molar-refractivity contribution in [2.24, 2.45) is 0 Å². The Morgan fingerprint density at radius 1 is 1.07 bits per heavy atom. The number of benzene rings is 3. The van der Waals surface area contributed by atoms with Crippen molar-refractivity contribution < 1.29 is 9.53 Å². The summed E-state index contributed by atoms with van der Waals surface area (Å²) in [5, 5.41) is 2.94. The number of carbonyl (C=O) groups excluding carboxylic acids is 1. The Balaban J connectivity index is 1.70. The van der Waals surface area contributed by atoms with Crippen molar-refractivity contribution in [1.29, 1.82) is 0 Å². The molecule has 4 rings (SSSR count). The fraction of sp³-hybridized carbons (Fsp3) is 0.0909. The molecule has 4 aromatic rings. The predicted molar refractivity (Wildman–Crippen MR) is 114 cm³/mol. The van der Waals surface area contributed by atoms with Crippen LogP contribution in [0.5, 0.6) is 5.75 Å². The lowest BCUT2D eigenvalue weighted by Crippen LogP contribution is -2.19. The maximum atomic E-state index is 12.7. The van der Waals surface area contributed by atoms with E-state index < -0.39 is 0 Å². The summed E-state index contributed by atoms with van der Waals surface area (Å²) in [7, 11) is 1.63. The Hall–Kier alpha value is -3.12. The molecule has 3 aromatic carbocycles. The van der Waals surface area contributed by atoms with Crippen molar-refractivity contribution in [3.05, 3.63) is 77.3 Å². The van der Waals surface area contributed by atoms with E-state index in [4.69, 9.17) is 9.72 Å². The summed E-state index contributed by atoms with van der Waals surface area (Å²) in [4.78, 5) is 17.5. The molecule has 0 aliphatic carbocycles. The monoisotopic (exact) mass is 435 g/mol. The number of nitrogens with one attached hydrogen (secondary N) is 1. The van der Waals surface area contributed by atoms with E-state index in [0.717, 1.165) is 38.3 Å². The summed E-state index contributed by atoms with van der Waals surface area (Å²) < 4.78 is 8.23. The van der Waals surface area contributed by atoms with Gasteiger partial charge in [-0.1, -0.05) is 40.2 Å². The quantitative estimate of drug-likeness (QED) is 0.473. The number of nitrogens with zero attached hydrogens (tertiary/aromatic N) is 2. The van der Waals surface area contributed by atoms with Crippen LogP contribution in [0.1, 0.15) is 0 Å². The molecule has 0 fully saturated rings.